The third kappa shape index (κ3) is 5.72. The van der Waals surface area contributed by atoms with E-state index in [-0.39, 0.29) is 11.3 Å². The van der Waals surface area contributed by atoms with Crippen LogP contribution < -0.4 is 10.3 Å². The summed E-state index contributed by atoms with van der Waals surface area (Å²) in [5.74, 6) is 1.23. The zero-order valence-corrected chi connectivity index (χ0v) is 18.7. The molecule has 0 aliphatic heterocycles. The Balaban J connectivity index is 1.39. The largest absolute Gasteiger partial charge is 0.457 e. The smallest absolute Gasteiger partial charge is 0.416 e. The van der Waals surface area contributed by atoms with Crippen molar-refractivity contribution in [2.75, 3.05) is 0 Å². The molecule has 2 heterocycles. The zero-order chi connectivity index (χ0) is 24.3. The number of hydrogen-bond acceptors (Lipinski definition) is 4. The fourth-order valence-corrected chi connectivity index (χ4v) is 3.62. The number of ether oxygens (including phenoxy) is 1. The van der Waals surface area contributed by atoms with Crippen LogP contribution in [0.1, 0.15) is 28.1 Å². The van der Waals surface area contributed by atoms with Crippen LogP contribution in [0.5, 0.6) is 11.5 Å². The highest BCUT2D eigenvalue weighted by molar-refractivity contribution is 5.36. The minimum absolute atomic E-state index is 0.119. The Morgan fingerprint density at radius 2 is 1.71 bits per heavy atom. The van der Waals surface area contributed by atoms with E-state index in [0.29, 0.717) is 36.4 Å². The van der Waals surface area contributed by atoms with E-state index in [4.69, 9.17) is 4.74 Å². The lowest BCUT2D eigenvalue weighted by Crippen LogP contribution is -2.20. The lowest BCUT2D eigenvalue weighted by atomic mass is 10.1. The summed E-state index contributed by atoms with van der Waals surface area (Å²) in [6.45, 7) is 0. The van der Waals surface area contributed by atoms with Crippen LogP contribution >= 0.6 is 0 Å². The molecule has 0 atom stereocenters. The van der Waals surface area contributed by atoms with E-state index in [9.17, 15) is 18.0 Å². The lowest BCUT2D eigenvalue weighted by molar-refractivity contribution is -0.137. The third-order valence-corrected chi connectivity index (χ3v) is 5.37. The van der Waals surface area contributed by atoms with E-state index >= 15 is 0 Å². The average Bonchev–Trinajstić information content (AvgIpc) is 3.20. The minimum atomic E-state index is -4.42. The van der Waals surface area contributed by atoms with Crippen molar-refractivity contribution in [2.45, 2.75) is 25.4 Å². The Bertz CT molecular complexity index is 1340. The first kappa shape index (κ1) is 23.3. The van der Waals surface area contributed by atoms with Gasteiger partial charge in [-0.3, -0.25) is 9.48 Å². The van der Waals surface area contributed by atoms with E-state index < -0.39 is 11.7 Å². The molecule has 0 unspecified atom stereocenters. The quantitative estimate of drug-likeness (QED) is 0.395. The monoisotopic (exact) mass is 468 g/mol. The Hall–Kier alpha value is -3.88. The van der Waals surface area contributed by atoms with E-state index in [1.54, 1.807) is 23.0 Å². The SMILES string of the molecule is Cn1cc(Cc2cn(C)c(CCc3ccc(Oc4cccc(C(F)(F)F)c4)cc3)nc2=O)cn1. The molecule has 2 aromatic carbocycles. The van der Waals surface area contributed by atoms with Crippen LogP contribution in [-0.2, 0) is 39.5 Å². The predicted octanol–water partition coefficient (Wildman–Crippen LogP) is 4.70. The molecule has 34 heavy (non-hydrogen) atoms. The standard InChI is InChI=1S/C25H23F3N4O2/c1-31-16-19(12-18-14-29-32(2)15-18)24(33)30-23(31)11-8-17-6-9-21(10-7-17)34-22-5-3-4-20(13-22)25(26,27)28/h3-7,9-10,13-16H,8,11-12H2,1-2H3. The molecule has 0 N–H and O–H groups in total. The highest BCUT2D eigenvalue weighted by atomic mass is 19.4. The van der Waals surface area contributed by atoms with Crippen LogP contribution in [0.15, 0.2) is 71.9 Å². The van der Waals surface area contributed by atoms with Gasteiger partial charge in [0.25, 0.3) is 5.56 Å². The van der Waals surface area contributed by atoms with Crippen LogP contribution in [-0.4, -0.2) is 19.3 Å². The number of rotatable bonds is 7. The maximum Gasteiger partial charge on any atom is 0.416 e. The van der Waals surface area contributed by atoms with Gasteiger partial charge in [0.1, 0.15) is 17.3 Å². The van der Waals surface area contributed by atoms with Crippen LogP contribution in [0.2, 0.25) is 0 Å². The molecule has 0 radical (unpaired) electrons. The second-order valence-corrected chi connectivity index (χ2v) is 8.07. The molecule has 0 amide bonds. The normalized spacial score (nSPS) is 11.6. The summed E-state index contributed by atoms with van der Waals surface area (Å²) in [6, 6.07) is 11.9. The van der Waals surface area contributed by atoms with Gasteiger partial charge in [-0.05, 0) is 47.9 Å². The molecule has 0 saturated heterocycles. The highest BCUT2D eigenvalue weighted by Crippen LogP contribution is 2.32. The maximum absolute atomic E-state index is 12.9. The Morgan fingerprint density at radius 1 is 0.941 bits per heavy atom. The summed E-state index contributed by atoms with van der Waals surface area (Å²) in [5.41, 5.74) is 1.54. The van der Waals surface area contributed by atoms with Crippen LogP contribution in [0.4, 0.5) is 13.2 Å². The van der Waals surface area contributed by atoms with Gasteiger partial charge in [-0.1, -0.05) is 18.2 Å². The number of benzene rings is 2. The summed E-state index contributed by atoms with van der Waals surface area (Å²) in [7, 11) is 3.69. The van der Waals surface area contributed by atoms with Crippen molar-refractivity contribution in [3.63, 3.8) is 0 Å². The van der Waals surface area contributed by atoms with Gasteiger partial charge in [-0.15, -0.1) is 0 Å². The Morgan fingerprint density at radius 3 is 2.38 bits per heavy atom. The van der Waals surface area contributed by atoms with Crippen LogP contribution in [0.3, 0.4) is 0 Å². The zero-order valence-electron chi connectivity index (χ0n) is 18.7. The van der Waals surface area contributed by atoms with E-state index in [1.807, 2.05) is 43.2 Å². The second kappa shape index (κ2) is 9.54. The van der Waals surface area contributed by atoms with Gasteiger partial charge in [0, 0.05) is 44.9 Å². The topological polar surface area (TPSA) is 61.9 Å². The highest BCUT2D eigenvalue weighted by Gasteiger charge is 2.30. The number of nitrogens with zero attached hydrogens (tertiary/aromatic N) is 4. The fraction of sp³-hybridized carbons (Fsp3) is 0.240. The van der Waals surface area contributed by atoms with Crippen molar-refractivity contribution in [3.05, 3.63) is 106 Å². The number of hydrogen-bond donors (Lipinski definition) is 0. The Kier molecular flexibility index (Phi) is 6.54. The molecule has 6 nitrogen and oxygen atoms in total. The van der Waals surface area contributed by atoms with Crippen molar-refractivity contribution >= 4 is 0 Å². The summed E-state index contributed by atoms with van der Waals surface area (Å²) in [4.78, 5) is 16.7. The summed E-state index contributed by atoms with van der Waals surface area (Å²) in [5, 5.41) is 4.12. The van der Waals surface area contributed by atoms with Crippen LogP contribution in [0.25, 0.3) is 0 Å². The van der Waals surface area contributed by atoms with Gasteiger partial charge >= 0.3 is 6.18 Å². The number of aryl methyl sites for hydroxylation is 4. The van der Waals surface area contributed by atoms with Crippen molar-refractivity contribution in [1.29, 1.82) is 0 Å². The lowest BCUT2D eigenvalue weighted by Gasteiger charge is -2.11. The number of aromatic nitrogens is 4. The van der Waals surface area contributed by atoms with Gasteiger partial charge in [0.2, 0.25) is 0 Å². The first-order chi connectivity index (χ1) is 16.2. The number of halogens is 3. The molecule has 0 aliphatic rings. The molecule has 9 heteroatoms. The molecule has 4 aromatic rings. The molecule has 2 aromatic heterocycles. The molecule has 0 saturated carbocycles. The molecular formula is C25H23F3N4O2. The molecule has 0 fully saturated rings. The van der Waals surface area contributed by atoms with Gasteiger partial charge in [-0.2, -0.15) is 23.3 Å². The second-order valence-electron chi connectivity index (χ2n) is 8.07. The van der Waals surface area contributed by atoms with Crippen LogP contribution in [0, 0.1) is 0 Å². The van der Waals surface area contributed by atoms with Gasteiger partial charge in [0.15, 0.2) is 0 Å². The molecule has 0 spiro atoms. The van der Waals surface area contributed by atoms with Gasteiger partial charge < -0.3 is 9.30 Å². The number of alkyl halides is 3. The third-order valence-electron chi connectivity index (χ3n) is 5.37. The average molecular weight is 468 g/mol. The first-order valence-electron chi connectivity index (χ1n) is 10.6. The van der Waals surface area contributed by atoms with E-state index in [2.05, 4.69) is 10.1 Å². The van der Waals surface area contributed by atoms with Crippen molar-refractivity contribution < 1.29 is 17.9 Å². The predicted molar refractivity (Wildman–Crippen MR) is 121 cm³/mol. The van der Waals surface area contributed by atoms with Gasteiger partial charge in [0.05, 0.1) is 11.8 Å². The molecule has 0 bridgehead atoms. The van der Waals surface area contributed by atoms with Crippen molar-refractivity contribution in [3.8, 4) is 11.5 Å². The molecule has 4 rings (SSSR count). The van der Waals surface area contributed by atoms with E-state index in [0.717, 1.165) is 23.3 Å². The summed E-state index contributed by atoms with van der Waals surface area (Å²) in [6.07, 6.45) is 2.67. The molecule has 0 aliphatic carbocycles. The maximum atomic E-state index is 12.9. The minimum Gasteiger partial charge on any atom is -0.457 e. The Labute approximate surface area is 194 Å². The van der Waals surface area contributed by atoms with Crippen molar-refractivity contribution in [1.82, 2.24) is 19.3 Å². The van der Waals surface area contributed by atoms with Gasteiger partial charge in [-0.25, -0.2) is 0 Å². The van der Waals surface area contributed by atoms with Crippen molar-refractivity contribution in [2.24, 2.45) is 14.1 Å². The molecule has 176 valence electrons. The molecular weight excluding hydrogens is 445 g/mol. The first-order valence-corrected chi connectivity index (χ1v) is 10.6. The summed E-state index contributed by atoms with van der Waals surface area (Å²) < 4.78 is 47.7. The summed E-state index contributed by atoms with van der Waals surface area (Å²) >= 11 is 0. The van der Waals surface area contributed by atoms with E-state index in [1.165, 1.54) is 12.1 Å². The fourth-order valence-electron chi connectivity index (χ4n) is 3.62.